The van der Waals surface area contributed by atoms with Crippen molar-refractivity contribution in [2.75, 3.05) is 25.5 Å². The number of fused-ring (bicyclic) bond motifs is 1. The van der Waals surface area contributed by atoms with Gasteiger partial charge >= 0.3 is 0 Å². The number of nitrogens with one attached hydrogen (secondary N) is 1. The summed E-state index contributed by atoms with van der Waals surface area (Å²) in [4.78, 5) is 8.28. The summed E-state index contributed by atoms with van der Waals surface area (Å²) >= 11 is 5.89. The Morgan fingerprint density at radius 2 is 1.92 bits per heavy atom. The topological polar surface area (TPSA) is 139 Å². The monoisotopic (exact) mass is 546 g/mol. The molecule has 0 radical (unpaired) electrons. The Labute approximate surface area is 219 Å². The lowest BCUT2D eigenvalue weighted by molar-refractivity contribution is 0.0950. The molecule has 0 unspecified atom stereocenters. The van der Waals surface area contributed by atoms with Gasteiger partial charge in [-0.3, -0.25) is 14.0 Å². The second-order valence-electron chi connectivity index (χ2n) is 9.15. The summed E-state index contributed by atoms with van der Waals surface area (Å²) in [5.41, 5.74) is 1.12. The van der Waals surface area contributed by atoms with Crippen LogP contribution in [0.25, 0.3) is 22.3 Å². The Balaban J connectivity index is 1.56. The number of nitrogens with zero attached hydrogens (tertiary/aromatic N) is 7. The molecular formula is C23H27ClN8O4S. The maximum Gasteiger partial charge on any atom is 0.240 e. The van der Waals surface area contributed by atoms with E-state index in [-0.39, 0.29) is 11.8 Å². The molecule has 37 heavy (non-hydrogen) atoms. The van der Waals surface area contributed by atoms with Gasteiger partial charge in [0, 0.05) is 50.8 Å². The molecular weight excluding hydrogens is 520 g/mol. The molecule has 1 aliphatic rings. The predicted molar refractivity (Wildman–Crippen MR) is 138 cm³/mol. The molecule has 1 aromatic carbocycles. The number of ether oxygens (including phenoxy) is 2. The lowest BCUT2D eigenvalue weighted by Gasteiger charge is -2.24. The molecule has 3 heterocycles. The first-order valence-corrected chi connectivity index (χ1v) is 13.5. The third kappa shape index (κ3) is 4.67. The summed E-state index contributed by atoms with van der Waals surface area (Å²) in [5, 5.41) is 13.4. The van der Waals surface area contributed by atoms with Gasteiger partial charge in [0.1, 0.15) is 11.4 Å². The van der Waals surface area contributed by atoms with E-state index in [2.05, 4.69) is 30.0 Å². The van der Waals surface area contributed by atoms with Gasteiger partial charge < -0.3 is 9.47 Å². The SMILES string of the molecule is COCC1(n2c(NS(=O)(=O)[C@@H](C)[C@H](OC)c3ncc(Cl)cn3)nnc2-c2cccc3nn(C)cc23)CC1. The summed E-state index contributed by atoms with van der Waals surface area (Å²) in [7, 11) is 0.840. The molecule has 0 spiro atoms. The zero-order valence-electron chi connectivity index (χ0n) is 20.8. The second kappa shape index (κ2) is 9.63. The number of anilines is 1. The normalized spacial score (nSPS) is 16.6. The first-order valence-electron chi connectivity index (χ1n) is 11.6. The fourth-order valence-corrected chi connectivity index (χ4v) is 5.76. The molecule has 1 aliphatic carbocycles. The standard InChI is InChI=1S/C23H27ClN8O4S/c1-14(19(36-4)20-25-10-15(24)11-26-20)37(33,34)30-22-28-27-21(32(22)23(8-9-23)13-35-3)16-6-5-7-18-17(16)12-31(2)29-18/h5-7,10-12,14,19H,8-9,13H2,1-4H3,(H,28,30)/t14-,19-/m0/s1. The van der Waals surface area contributed by atoms with Gasteiger partial charge in [-0.1, -0.05) is 23.7 Å². The van der Waals surface area contributed by atoms with Gasteiger partial charge in [0.15, 0.2) is 11.6 Å². The van der Waals surface area contributed by atoms with E-state index in [0.29, 0.717) is 17.5 Å². The van der Waals surface area contributed by atoms with Crippen molar-refractivity contribution in [3.05, 3.63) is 47.6 Å². The maximum absolute atomic E-state index is 13.6. The smallest absolute Gasteiger partial charge is 0.240 e. The molecule has 0 saturated heterocycles. The molecule has 0 amide bonds. The van der Waals surface area contributed by atoms with E-state index >= 15 is 0 Å². The number of aromatic nitrogens is 7. The molecule has 4 aromatic rings. The Morgan fingerprint density at radius 1 is 1.19 bits per heavy atom. The number of benzene rings is 1. The largest absolute Gasteiger partial charge is 0.382 e. The average molecular weight is 547 g/mol. The minimum absolute atomic E-state index is 0.101. The van der Waals surface area contributed by atoms with Crippen LogP contribution in [0.4, 0.5) is 5.95 Å². The van der Waals surface area contributed by atoms with Gasteiger partial charge in [0.2, 0.25) is 16.0 Å². The number of sulfonamides is 1. The fourth-order valence-electron chi connectivity index (χ4n) is 4.54. The Morgan fingerprint density at radius 3 is 2.57 bits per heavy atom. The van der Waals surface area contributed by atoms with Gasteiger partial charge in [0.25, 0.3) is 0 Å². The highest BCUT2D eigenvalue weighted by molar-refractivity contribution is 7.93. The highest BCUT2D eigenvalue weighted by atomic mass is 35.5. The van der Waals surface area contributed by atoms with E-state index in [1.165, 1.54) is 26.4 Å². The number of hydrogen-bond donors (Lipinski definition) is 1. The first-order chi connectivity index (χ1) is 17.7. The van der Waals surface area contributed by atoms with Gasteiger partial charge in [-0.05, 0) is 25.8 Å². The van der Waals surface area contributed by atoms with E-state index in [1.54, 1.807) is 11.8 Å². The molecule has 3 aromatic heterocycles. The van der Waals surface area contributed by atoms with E-state index in [4.69, 9.17) is 21.1 Å². The van der Waals surface area contributed by atoms with Gasteiger partial charge in [0.05, 0.1) is 22.7 Å². The maximum atomic E-state index is 13.6. The molecule has 1 fully saturated rings. The highest BCUT2D eigenvalue weighted by Gasteiger charge is 2.49. The van der Waals surface area contributed by atoms with Crippen LogP contribution >= 0.6 is 11.6 Å². The number of aryl methyl sites for hydroxylation is 1. The van der Waals surface area contributed by atoms with Crippen molar-refractivity contribution in [1.82, 2.24) is 34.5 Å². The predicted octanol–water partition coefficient (Wildman–Crippen LogP) is 2.93. The van der Waals surface area contributed by atoms with Crippen molar-refractivity contribution >= 4 is 38.5 Å². The van der Waals surface area contributed by atoms with Gasteiger partial charge in [-0.25, -0.2) is 18.4 Å². The van der Waals surface area contributed by atoms with Crippen LogP contribution in [0.5, 0.6) is 0 Å². The third-order valence-electron chi connectivity index (χ3n) is 6.58. The highest BCUT2D eigenvalue weighted by Crippen LogP contribution is 2.48. The van der Waals surface area contributed by atoms with Gasteiger partial charge in [-0.15, -0.1) is 10.2 Å². The molecule has 0 aliphatic heterocycles. The average Bonchev–Trinajstić information content (AvgIpc) is 3.34. The number of hydrogen-bond acceptors (Lipinski definition) is 9. The van der Waals surface area contributed by atoms with Crippen LogP contribution in [0.2, 0.25) is 5.02 Å². The van der Waals surface area contributed by atoms with Crippen LogP contribution in [0, 0.1) is 0 Å². The van der Waals surface area contributed by atoms with Crippen LogP contribution in [0.15, 0.2) is 36.8 Å². The lowest BCUT2D eigenvalue weighted by atomic mass is 10.1. The van der Waals surface area contributed by atoms with E-state index in [9.17, 15) is 8.42 Å². The number of rotatable bonds is 10. The van der Waals surface area contributed by atoms with Gasteiger partial charge in [-0.2, -0.15) is 5.10 Å². The van der Waals surface area contributed by atoms with E-state index in [0.717, 1.165) is 29.3 Å². The Kier molecular flexibility index (Phi) is 6.64. The van der Waals surface area contributed by atoms with E-state index in [1.807, 2.05) is 36.0 Å². The molecule has 2 atom stereocenters. The quantitative estimate of drug-likeness (QED) is 0.318. The minimum atomic E-state index is -4.03. The molecule has 1 N–H and O–H groups in total. The van der Waals surface area contributed by atoms with E-state index < -0.39 is 26.9 Å². The zero-order valence-corrected chi connectivity index (χ0v) is 22.4. The fraction of sp³-hybridized carbons (Fsp3) is 0.435. The van der Waals surface area contributed by atoms with Crippen LogP contribution in [-0.2, 0) is 32.1 Å². The molecule has 5 rings (SSSR count). The van der Waals surface area contributed by atoms with Crippen molar-refractivity contribution in [3.63, 3.8) is 0 Å². The van der Waals surface area contributed by atoms with Crippen LogP contribution in [0.3, 0.4) is 0 Å². The van der Waals surface area contributed by atoms with Crippen LogP contribution < -0.4 is 4.72 Å². The van der Waals surface area contributed by atoms with Crippen molar-refractivity contribution < 1.29 is 17.9 Å². The van der Waals surface area contributed by atoms with Crippen molar-refractivity contribution in [1.29, 1.82) is 0 Å². The summed E-state index contributed by atoms with van der Waals surface area (Å²) < 4.78 is 44.3. The molecule has 196 valence electrons. The molecule has 1 saturated carbocycles. The summed E-state index contributed by atoms with van der Waals surface area (Å²) in [6, 6.07) is 5.73. The Bertz CT molecular complexity index is 1530. The number of methoxy groups -OCH3 is 2. The Hall–Kier alpha value is -3.13. The second-order valence-corrected chi connectivity index (χ2v) is 11.6. The minimum Gasteiger partial charge on any atom is -0.382 e. The molecule has 12 nitrogen and oxygen atoms in total. The lowest BCUT2D eigenvalue weighted by Crippen LogP contribution is -2.35. The zero-order chi connectivity index (χ0) is 26.4. The summed E-state index contributed by atoms with van der Waals surface area (Å²) in [6.07, 6.45) is 5.33. The van der Waals surface area contributed by atoms with Crippen molar-refractivity contribution in [3.8, 4) is 11.4 Å². The third-order valence-corrected chi connectivity index (χ3v) is 8.47. The van der Waals surface area contributed by atoms with Crippen LogP contribution in [0.1, 0.15) is 31.7 Å². The first kappa shape index (κ1) is 25.5. The molecule has 14 heteroatoms. The number of halogens is 1. The van der Waals surface area contributed by atoms with Crippen molar-refractivity contribution in [2.24, 2.45) is 7.05 Å². The van der Waals surface area contributed by atoms with Crippen LogP contribution in [-0.4, -0.2) is 69.0 Å². The summed E-state index contributed by atoms with van der Waals surface area (Å²) in [6.45, 7) is 1.90. The summed E-state index contributed by atoms with van der Waals surface area (Å²) in [5.74, 6) is 0.834. The van der Waals surface area contributed by atoms with Crippen molar-refractivity contribution in [2.45, 2.75) is 36.7 Å². The molecule has 0 bridgehead atoms.